The average Bonchev–Trinajstić information content (AvgIpc) is 2.93. The summed E-state index contributed by atoms with van der Waals surface area (Å²) in [5, 5.41) is 0. The highest BCUT2D eigenvalue weighted by Crippen LogP contribution is 2.50. The summed E-state index contributed by atoms with van der Waals surface area (Å²) in [6.07, 6.45) is -3.56. The number of ether oxygens (including phenoxy) is 5. The Balaban J connectivity index is 1.87. The molecule has 3 rings (SSSR count). The van der Waals surface area contributed by atoms with Crippen molar-refractivity contribution in [2.45, 2.75) is 63.8 Å². The molecule has 2 fully saturated rings. The predicted molar refractivity (Wildman–Crippen MR) is 95.4 cm³/mol. The molecule has 9 nitrogen and oxygen atoms in total. The van der Waals surface area contributed by atoms with Gasteiger partial charge in [-0.3, -0.25) is 14.4 Å². The second-order valence-electron chi connectivity index (χ2n) is 6.95. The van der Waals surface area contributed by atoms with E-state index in [4.69, 9.17) is 23.7 Å². The van der Waals surface area contributed by atoms with Crippen LogP contribution in [-0.4, -0.2) is 54.1 Å². The highest BCUT2D eigenvalue weighted by Gasteiger charge is 2.69. The minimum atomic E-state index is -1.29. The standard InChI is InChI=1S/C20H22O9/c1-11(21)25-16-17(26-12(2)22)20(29-19(16)27-13(3)23)10-9-15(20)28-18(24)14-7-5-4-6-8-14/h4-8,15-17,19H,9-10H2,1-3H3/t15-,16+,17?,19-,20+/m1/s1. The van der Waals surface area contributed by atoms with Crippen LogP contribution in [-0.2, 0) is 38.1 Å². The summed E-state index contributed by atoms with van der Waals surface area (Å²) in [5.41, 5.74) is -0.930. The zero-order valence-corrected chi connectivity index (χ0v) is 16.3. The molecule has 0 aromatic heterocycles. The van der Waals surface area contributed by atoms with Crippen molar-refractivity contribution < 1.29 is 42.9 Å². The van der Waals surface area contributed by atoms with Gasteiger partial charge in [-0.2, -0.15) is 0 Å². The summed E-state index contributed by atoms with van der Waals surface area (Å²) in [6.45, 7) is 3.55. The van der Waals surface area contributed by atoms with Gasteiger partial charge < -0.3 is 23.7 Å². The fraction of sp³-hybridized carbons (Fsp3) is 0.500. The molecule has 1 aromatic rings. The largest absolute Gasteiger partial charge is 0.456 e. The first-order valence-corrected chi connectivity index (χ1v) is 9.18. The first kappa shape index (κ1) is 20.8. The van der Waals surface area contributed by atoms with Crippen molar-refractivity contribution >= 4 is 23.9 Å². The smallest absolute Gasteiger partial charge is 0.338 e. The molecule has 1 saturated carbocycles. The van der Waals surface area contributed by atoms with E-state index in [0.717, 1.165) is 0 Å². The van der Waals surface area contributed by atoms with Gasteiger partial charge in [0.15, 0.2) is 11.7 Å². The number of rotatable bonds is 5. The van der Waals surface area contributed by atoms with Crippen LogP contribution in [0, 0.1) is 0 Å². The first-order valence-electron chi connectivity index (χ1n) is 9.18. The Morgan fingerprint density at radius 1 is 0.897 bits per heavy atom. The van der Waals surface area contributed by atoms with Crippen molar-refractivity contribution in [3.05, 3.63) is 35.9 Å². The van der Waals surface area contributed by atoms with E-state index < -0.39 is 54.1 Å². The Bertz CT molecular complexity index is 805. The number of esters is 4. The maximum atomic E-state index is 12.5. The molecule has 0 N–H and O–H groups in total. The average molecular weight is 406 g/mol. The number of benzene rings is 1. The number of carbonyl (C=O) groups is 4. The zero-order chi connectivity index (χ0) is 21.2. The molecule has 9 heteroatoms. The molecule has 1 aromatic carbocycles. The van der Waals surface area contributed by atoms with Gasteiger partial charge in [0, 0.05) is 20.8 Å². The van der Waals surface area contributed by atoms with E-state index in [0.29, 0.717) is 18.4 Å². The second kappa shape index (κ2) is 8.20. The van der Waals surface area contributed by atoms with Crippen LogP contribution in [0.4, 0.5) is 0 Å². The normalized spacial score (nSPS) is 30.2. The molecular weight excluding hydrogens is 384 g/mol. The molecule has 1 aliphatic heterocycles. The third kappa shape index (κ3) is 4.24. The Labute approximate surface area is 167 Å². The second-order valence-corrected chi connectivity index (χ2v) is 6.95. The van der Waals surface area contributed by atoms with E-state index in [1.165, 1.54) is 20.8 Å². The summed E-state index contributed by atoms with van der Waals surface area (Å²) in [5.74, 6) is -2.54. The number of hydrogen-bond donors (Lipinski definition) is 0. The Kier molecular flexibility index (Phi) is 5.88. The third-order valence-corrected chi connectivity index (χ3v) is 4.86. The van der Waals surface area contributed by atoms with E-state index in [-0.39, 0.29) is 0 Å². The van der Waals surface area contributed by atoms with E-state index in [1.807, 2.05) is 0 Å². The predicted octanol–water partition coefficient (Wildman–Crippen LogP) is 1.53. The van der Waals surface area contributed by atoms with Crippen LogP contribution in [0.25, 0.3) is 0 Å². The zero-order valence-electron chi connectivity index (χ0n) is 16.3. The minimum Gasteiger partial charge on any atom is -0.456 e. The summed E-state index contributed by atoms with van der Waals surface area (Å²) in [4.78, 5) is 47.2. The van der Waals surface area contributed by atoms with Gasteiger partial charge in [-0.25, -0.2) is 4.79 Å². The summed E-state index contributed by atoms with van der Waals surface area (Å²) in [6, 6.07) is 8.39. The van der Waals surface area contributed by atoms with Crippen LogP contribution in [0.3, 0.4) is 0 Å². The molecule has 1 heterocycles. The molecule has 29 heavy (non-hydrogen) atoms. The van der Waals surface area contributed by atoms with Gasteiger partial charge in [0.25, 0.3) is 0 Å². The van der Waals surface area contributed by atoms with Gasteiger partial charge in [0.1, 0.15) is 6.10 Å². The van der Waals surface area contributed by atoms with E-state index in [1.54, 1.807) is 30.3 Å². The SMILES string of the molecule is CC(=O)OC1[C@H](OC(C)=O)[C@H](OC(C)=O)O[C@]12CC[C@H]2OC(=O)c1ccccc1. The molecule has 1 aliphatic carbocycles. The van der Waals surface area contributed by atoms with Gasteiger partial charge >= 0.3 is 23.9 Å². The monoisotopic (exact) mass is 406 g/mol. The fourth-order valence-corrected chi connectivity index (χ4v) is 3.62. The summed E-state index contributed by atoms with van der Waals surface area (Å²) in [7, 11) is 0. The molecule has 1 unspecified atom stereocenters. The molecule has 0 bridgehead atoms. The molecule has 0 amide bonds. The molecule has 0 radical (unpaired) electrons. The summed E-state index contributed by atoms with van der Waals surface area (Å²) < 4.78 is 27.3. The van der Waals surface area contributed by atoms with Crippen LogP contribution in [0.2, 0.25) is 0 Å². The maximum Gasteiger partial charge on any atom is 0.338 e. The quantitative estimate of drug-likeness (QED) is 0.530. The number of carbonyl (C=O) groups excluding carboxylic acids is 4. The van der Waals surface area contributed by atoms with Gasteiger partial charge in [-0.15, -0.1) is 0 Å². The fourth-order valence-electron chi connectivity index (χ4n) is 3.62. The highest BCUT2D eigenvalue weighted by atomic mass is 16.8. The molecule has 2 aliphatic rings. The van der Waals surface area contributed by atoms with Gasteiger partial charge in [0.05, 0.1) is 5.56 Å². The summed E-state index contributed by atoms with van der Waals surface area (Å²) >= 11 is 0. The Hall–Kier alpha value is -2.94. The molecule has 1 spiro atoms. The minimum absolute atomic E-state index is 0.352. The molecule has 5 atom stereocenters. The lowest BCUT2D eigenvalue weighted by molar-refractivity contribution is -0.246. The highest BCUT2D eigenvalue weighted by molar-refractivity contribution is 5.89. The third-order valence-electron chi connectivity index (χ3n) is 4.86. The molecular formula is C20H22O9. The van der Waals surface area contributed by atoms with Crippen molar-refractivity contribution in [2.75, 3.05) is 0 Å². The van der Waals surface area contributed by atoms with Crippen LogP contribution in [0.1, 0.15) is 44.0 Å². The number of hydrogen-bond acceptors (Lipinski definition) is 9. The lowest BCUT2D eigenvalue weighted by Crippen LogP contribution is -2.62. The molecule has 1 saturated heterocycles. The maximum absolute atomic E-state index is 12.5. The lowest BCUT2D eigenvalue weighted by atomic mass is 9.72. The first-order chi connectivity index (χ1) is 13.7. The van der Waals surface area contributed by atoms with E-state index in [9.17, 15) is 19.2 Å². The van der Waals surface area contributed by atoms with Gasteiger partial charge in [-0.05, 0) is 25.0 Å². The van der Waals surface area contributed by atoms with Crippen LogP contribution >= 0.6 is 0 Å². The van der Waals surface area contributed by atoms with Crippen LogP contribution < -0.4 is 0 Å². The van der Waals surface area contributed by atoms with Crippen molar-refractivity contribution in [3.8, 4) is 0 Å². The van der Waals surface area contributed by atoms with E-state index in [2.05, 4.69) is 0 Å². The van der Waals surface area contributed by atoms with Crippen LogP contribution in [0.5, 0.6) is 0 Å². The van der Waals surface area contributed by atoms with Gasteiger partial charge in [-0.1, -0.05) is 18.2 Å². The van der Waals surface area contributed by atoms with Crippen LogP contribution in [0.15, 0.2) is 30.3 Å². The topological polar surface area (TPSA) is 114 Å². The van der Waals surface area contributed by atoms with E-state index >= 15 is 0 Å². The Morgan fingerprint density at radius 2 is 1.52 bits per heavy atom. The van der Waals surface area contributed by atoms with Gasteiger partial charge in [0.2, 0.25) is 12.4 Å². The van der Waals surface area contributed by atoms with Crippen molar-refractivity contribution in [2.24, 2.45) is 0 Å². The molecule has 156 valence electrons. The lowest BCUT2D eigenvalue weighted by Gasteiger charge is -2.47. The Morgan fingerprint density at radius 3 is 2.03 bits per heavy atom. The van der Waals surface area contributed by atoms with Crippen molar-refractivity contribution in [1.29, 1.82) is 0 Å². The van der Waals surface area contributed by atoms with Crippen molar-refractivity contribution in [3.63, 3.8) is 0 Å². The van der Waals surface area contributed by atoms with Crippen molar-refractivity contribution in [1.82, 2.24) is 0 Å².